The first kappa shape index (κ1) is 17.7. The van der Waals surface area contributed by atoms with Crippen molar-refractivity contribution in [2.45, 2.75) is 32.7 Å². The number of benzene rings is 2. The summed E-state index contributed by atoms with van der Waals surface area (Å²) in [5, 5.41) is 13.2. The maximum absolute atomic E-state index is 12.4. The highest BCUT2D eigenvalue weighted by atomic mass is 16.4. The molecule has 134 valence electrons. The monoisotopic (exact) mass is 350 g/mol. The molecule has 0 aliphatic heterocycles. The van der Waals surface area contributed by atoms with Crippen LogP contribution in [0, 0.1) is 13.8 Å². The topological polar surface area (TPSA) is 82.2 Å². The summed E-state index contributed by atoms with van der Waals surface area (Å²) in [4.78, 5) is 27.1. The van der Waals surface area contributed by atoms with Crippen molar-refractivity contribution in [3.63, 3.8) is 0 Å². The van der Waals surface area contributed by atoms with Gasteiger partial charge in [0.15, 0.2) is 0 Å². The molecule has 1 unspecified atom stereocenters. The van der Waals surface area contributed by atoms with Gasteiger partial charge < -0.3 is 15.4 Å². The number of aromatic amines is 1. The van der Waals surface area contributed by atoms with E-state index in [1.807, 2.05) is 56.3 Å². The van der Waals surface area contributed by atoms with E-state index in [2.05, 4.69) is 10.3 Å². The summed E-state index contributed by atoms with van der Waals surface area (Å²) in [6, 6.07) is 12.7. The number of carboxylic acid groups (broad SMARTS) is 1. The third kappa shape index (κ3) is 4.11. The molecule has 5 heteroatoms. The van der Waals surface area contributed by atoms with Gasteiger partial charge in [-0.25, -0.2) is 4.79 Å². The van der Waals surface area contributed by atoms with Crippen LogP contribution < -0.4 is 5.32 Å². The van der Waals surface area contributed by atoms with E-state index in [0.717, 1.165) is 33.2 Å². The fraction of sp³-hybridized carbons (Fsp3) is 0.238. The number of amides is 1. The lowest BCUT2D eigenvalue weighted by atomic mass is 10.0. The van der Waals surface area contributed by atoms with Crippen molar-refractivity contribution in [1.29, 1.82) is 0 Å². The minimum atomic E-state index is -1.04. The van der Waals surface area contributed by atoms with Crippen LogP contribution in [0.2, 0.25) is 0 Å². The molecule has 0 radical (unpaired) electrons. The van der Waals surface area contributed by atoms with E-state index in [9.17, 15) is 14.7 Å². The molecule has 0 aliphatic carbocycles. The number of aliphatic carboxylic acids is 1. The Morgan fingerprint density at radius 2 is 1.81 bits per heavy atom. The number of aryl methyl sites for hydroxylation is 2. The average Bonchev–Trinajstić information content (AvgIpc) is 2.96. The number of para-hydroxylation sites is 1. The fourth-order valence-electron chi connectivity index (χ4n) is 3.32. The first-order chi connectivity index (χ1) is 12.4. The molecule has 3 rings (SSSR count). The number of nitrogens with one attached hydrogen (secondary N) is 2. The van der Waals surface area contributed by atoms with Gasteiger partial charge in [-0.3, -0.25) is 4.79 Å². The molecule has 26 heavy (non-hydrogen) atoms. The number of carbonyl (C=O) groups excluding carboxylic acids is 1. The second-order valence-electron chi connectivity index (χ2n) is 6.69. The normalized spacial score (nSPS) is 12.1. The predicted octanol–water partition coefficient (Wildman–Crippen LogP) is 3.14. The van der Waals surface area contributed by atoms with E-state index in [1.165, 1.54) is 0 Å². The van der Waals surface area contributed by atoms with Crippen molar-refractivity contribution < 1.29 is 14.7 Å². The zero-order valence-electron chi connectivity index (χ0n) is 14.9. The molecular weight excluding hydrogens is 328 g/mol. The summed E-state index contributed by atoms with van der Waals surface area (Å²) in [6.07, 6.45) is 2.20. The van der Waals surface area contributed by atoms with Crippen LogP contribution in [0.5, 0.6) is 0 Å². The number of aromatic nitrogens is 1. The maximum Gasteiger partial charge on any atom is 0.326 e. The van der Waals surface area contributed by atoms with E-state index in [1.54, 1.807) is 6.20 Å². The molecule has 1 aromatic heterocycles. The van der Waals surface area contributed by atoms with Crippen LogP contribution in [0.1, 0.15) is 22.3 Å². The fourth-order valence-corrected chi connectivity index (χ4v) is 3.32. The number of rotatable bonds is 6. The minimum Gasteiger partial charge on any atom is -0.480 e. The Labute approximate surface area is 152 Å². The molecule has 5 nitrogen and oxygen atoms in total. The van der Waals surface area contributed by atoms with Gasteiger partial charge in [0.1, 0.15) is 6.04 Å². The van der Waals surface area contributed by atoms with Crippen LogP contribution in [-0.2, 0) is 22.4 Å². The summed E-state index contributed by atoms with van der Waals surface area (Å²) >= 11 is 0. The number of H-pyrrole nitrogens is 1. The second-order valence-corrected chi connectivity index (χ2v) is 6.69. The highest BCUT2D eigenvalue weighted by Crippen LogP contribution is 2.19. The summed E-state index contributed by atoms with van der Waals surface area (Å²) in [5.74, 6) is -1.33. The van der Waals surface area contributed by atoms with E-state index in [4.69, 9.17) is 0 Å². The third-order valence-electron chi connectivity index (χ3n) is 4.38. The lowest BCUT2D eigenvalue weighted by Gasteiger charge is -2.14. The zero-order chi connectivity index (χ0) is 18.7. The summed E-state index contributed by atoms with van der Waals surface area (Å²) < 4.78 is 0. The quantitative estimate of drug-likeness (QED) is 0.639. The molecule has 1 atom stereocenters. The molecule has 0 saturated heterocycles. The number of hydrogen-bond acceptors (Lipinski definition) is 2. The van der Waals surface area contributed by atoms with Crippen molar-refractivity contribution in [3.05, 3.63) is 70.9 Å². The van der Waals surface area contributed by atoms with Crippen LogP contribution in [0.25, 0.3) is 10.9 Å². The third-order valence-corrected chi connectivity index (χ3v) is 4.38. The molecule has 1 heterocycles. The van der Waals surface area contributed by atoms with Crippen molar-refractivity contribution >= 4 is 22.8 Å². The highest BCUT2D eigenvalue weighted by molar-refractivity contribution is 5.87. The van der Waals surface area contributed by atoms with E-state index in [0.29, 0.717) is 0 Å². The SMILES string of the molecule is Cc1cc(C)cc(CC(=O)NC(Cc2c[nH]c3ccccc23)C(=O)O)c1. The molecule has 3 N–H and O–H groups in total. The predicted molar refractivity (Wildman–Crippen MR) is 101 cm³/mol. The molecule has 3 aromatic rings. The average molecular weight is 350 g/mol. The van der Waals surface area contributed by atoms with Gasteiger partial charge in [0.05, 0.1) is 6.42 Å². The molecule has 2 aromatic carbocycles. The van der Waals surface area contributed by atoms with Crippen LogP contribution in [0.15, 0.2) is 48.7 Å². The number of fused-ring (bicyclic) bond motifs is 1. The molecule has 0 saturated carbocycles. The van der Waals surface area contributed by atoms with Gasteiger partial charge in [-0.05, 0) is 31.0 Å². The number of hydrogen-bond donors (Lipinski definition) is 3. The van der Waals surface area contributed by atoms with E-state index >= 15 is 0 Å². The van der Waals surface area contributed by atoms with E-state index < -0.39 is 12.0 Å². The van der Waals surface area contributed by atoms with Crippen LogP contribution in [0.4, 0.5) is 0 Å². The minimum absolute atomic E-state index is 0.167. The highest BCUT2D eigenvalue weighted by Gasteiger charge is 2.22. The summed E-state index contributed by atoms with van der Waals surface area (Å²) in [7, 11) is 0. The molecule has 0 spiro atoms. The van der Waals surface area contributed by atoms with Gasteiger partial charge in [0.25, 0.3) is 0 Å². The Balaban J connectivity index is 1.72. The Hall–Kier alpha value is -3.08. The van der Waals surface area contributed by atoms with Gasteiger partial charge in [0, 0.05) is 23.5 Å². The second kappa shape index (κ2) is 7.44. The van der Waals surface area contributed by atoms with Crippen LogP contribution in [0.3, 0.4) is 0 Å². The van der Waals surface area contributed by atoms with Gasteiger partial charge in [-0.15, -0.1) is 0 Å². The van der Waals surface area contributed by atoms with Gasteiger partial charge in [0.2, 0.25) is 5.91 Å². The van der Waals surface area contributed by atoms with Crippen LogP contribution >= 0.6 is 0 Å². The maximum atomic E-state index is 12.4. The van der Waals surface area contributed by atoms with Crippen molar-refractivity contribution in [2.75, 3.05) is 0 Å². The smallest absolute Gasteiger partial charge is 0.326 e. The Morgan fingerprint density at radius 3 is 2.50 bits per heavy atom. The Kier molecular flexibility index (Phi) is 5.07. The first-order valence-electron chi connectivity index (χ1n) is 8.56. The van der Waals surface area contributed by atoms with E-state index in [-0.39, 0.29) is 18.7 Å². The standard InChI is InChI=1S/C21H22N2O3/c1-13-7-14(2)9-15(8-13)10-20(24)23-19(21(25)26)11-16-12-22-18-6-4-3-5-17(16)18/h3-9,12,19,22H,10-11H2,1-2H3,(H,23,24)(H,25,26). The number of carbonyl (C=O) groups is 2. The van der Waals surface area contributed by atoms with Crippen molar-refractivity contribution in [3.8, 4) is 0 Å². The number of carboxylic acids is 1. The summed E-state index contributed by atoms with van der Waals surface area (Å²) in [6.45, 7) is 3.96. The van der Waals surface area contributed by atoms with Gasteiger partial charge in [-0.1, -0.05) is 47.5 Å². The lowest BCUT2D eigenvalue weighted by Crippen LogP contribution is -2.43. The lowest BCUT2D eigenvalue weighted by molar-refractivity contribution is -0.141. The van der Waals surface area contributed by atoms with Gasteiger partial charge >= 0.3 is 5.97 Å². The summed E-state index contributed by atoms with van der Waals surface area (Å²) in [5.41, 5.74) is 4.88. The van der Waals surface area contributed by atoms with Crippen molar-refractivity contribution in [1.82, 2.24) is 10.3 Å². The Morgan fingerprint density at radius 1 is 1.12 bits per heavy atom. The van der Waals surface area contributed by atoms with Crippen molar-refractivity contribution in [2.24, 2.45) is 0 Å². The molecule has 0 bridgehead atoms. The molecule has 1 amide bonds. The largest absolute Gasteiger partial charge is 0.480 e. The molecular formula is C21H22N2O3. The van der Waals surface area contributed by atoms with Crippen LogP contribution in [-0.4, -0.2) is 28.0 Å². The van der Waals surface area contributed by atoms with Gasteiger partial charge in [-0.2, -0.15) is 0 Å². The molecule has 0 fully saturated rings. The Bertz CT molecular complexity index is 939. The zero-order valence-corrected chi connectivity index (χ0v) is 14.9. The first-order valence-corrected chi connectivity index (χ1v) is 8.56. The molecule has 0 aliphatic rings.